The quantitative estimate of drug-likeness (QED) is 0.767. The highest BCUT2D eigenvalue weighted by molar-refractivity contribution is 8.00. The molecule has 0 saturated heterocycles. The van der Waals surface area contributed by atoms with E-state index in [1.807, 2.05) is 13.8 Å². The molecule has 2 heterocycles. The van der Waals surface area contributed by atoms with E-state index < -0.39 is 17.2 Å². The fraction of sp³-hybridized carbons (Fsp3) is 0.429. The number of pyridine rings is 1. The molecule has 24 heavy (non-hydrogen) atoms. The predicted octanol–water partition coefficient (Wildman–Crippen LogP) is 3.00. The maximum atomic E-state index is 12.1. The van der Waals surface area contributed by atoms with Crippen molar-refractivity contribution in [3.05, 3.63) is 22.3 Å². The fourth-order valence-corrected chi connectivity index (χ4v) is 3.08. The first kappa shape index (κ1) is 18.8. The molecule has 2 aromatic rings. The van der Waals surface area contributed by atoms with Crippen molar-refractivity contribution in [2.45, 2.75) is 31.2 Å². The minimum Gasteiger partial charge on any atom is -0.338 e. The number of carbonyl (C=O) groups excluding carboxylic acids is 2. The van der Waals surface area contributed by atoms with Crippen LogP contribution in [-0.2, 0) is 4.79 Å². The largest absolute Gasteiger partial charge is 0.338 e. The highest BCUT2D eigenvalue weighted by atomic mass is 35.5. The van der Waals surface area contributed by atoms with Crippen molar-refractivity contribution >= 4 is 52.5 Å². The third-order valence-electron chi connectivity index (χ3n) is 2.95. The first-order valence-corrected chi connectivity index (χ1v) is 8.86. The molecule has 0 saturated carbocycles. The van der Waals surface area contributed by atoms with Crippen molar-refractivity contribution in [1.29, 1.82) is 0 Å². The summed E-state index contributed by atoms with van der Waals surface area (Å²) in [6.07, 6.45) is 1.62. The van der Waals surface area contributed by atoms with Crippen LogP contribution >= 0.6 is 35.0 Å². The lowest BCUT2D eigenvalue weighted by atomic mass is 10.2. The molecule has 0 aliphatic rings. The van der Waals surface area contributed by atoms with E-state index in [4.69, 9.17) is 23.2 Å². The standard InChI is InChI=1S/C14H17Cl2N5O2S/c1-7(2)5-17-13(23)18-12(22)8(3)24-14-20-19-11-10(16)4-9(15)6-21(11)14/h4,6-8H,5H2,1-3H3,(H2,17,18,22,23). The van der Waals surface area contributed by atoms with Crippen molar-refractivity contribution in [1.82, 2.24) is 25.2 Å². The molecule has 130 valence electrons. The molecule has 0 radical (unpaired) electrons. The Bertz CT molecular complexity index is 765. The van der Waals surface area contributed by atoms with E-state index in [9.17, 15) is 9.59 Å². The second kappa shape index (κ2) is 8.04. The molecule has 7 nitrogen and oxygen atoms in total. The van der Waals surface area contributed by atoms with Gasteiger partial charge in [0.2, 0.25) is 5.91 Å². The number of nitrogens with zero attached hydrogens (tertiary/aromatic N) is 3. The van der Waals surface area contributed by atoms with Gasteiger partial charge in [-0.25, -0.2) is 4.79 Å². The molecule has 10 heteroatoms. The molecule has 0 bridgehead atoms. The lowest BCUT2D eigenvalue weighted by Crippen LogP contribution is -2.43. The number of fused-ring (bicyclic) bond motifs is 1. The highest BCUT2D eigenvalue weighted by Gasteiger charge is 2.20. The van der Waals surface area contributed by atoms with Crippen LogP contribution in [0.15, 0.2) is 17.4 Å². The van der Waals surface area contributed by atoms with Gasteiger partial charge in [0.05, 0.1) is 15.3 Å². The molecule has 0 fully saturated rings. The third-order valence-corrected chi connectivity index (χ3v) is 4.50. The number of urea groups is 1. The second-order valence-electron chi connectivity index (χ2n) is 5.54. The monoisotopic (exact) mass is 389 g/mol. The molecule has 0 spiro atoms. The summed E-state index contributed by atoms with van der Waals surface area (Å²) in [7, 11) is 0. The summed E-state index contributed by atoms with van der Waals surface area (Å²) in [5.41, 5.74) is 0.450. The normalized spacial score (nSPS) is 12.4. The molecule has 0 aromatic carbocycles. The zero-order chi connectivity index (χ0) is 17.9. The summed E-state index contributed by atoms with van der Waals surface area (Å²) in [5, 5.41) is 13.6. The van der Waals surface area contributed by atoms with Gasteiger partial charge in [-0.3, -0.25) is 14.5 Å². The Morgan fingerprint density at radius 2 is 2.00 bits per heavy atom. The molecule has 0 aliphatic carbocycles. The second-order valence-corrected chi connectivity index (χ2v) is 7.69. The topological polar surface area (TPSA) is 88.4 Å². The molecule has 1 atom stereocenters. The van der Waals surface area contributed by atoms with Crippen LogP contribution in [0.4, 0.5) is 4.79 Å². The maximum Gasteiger partial charge on any atom is 0.321 e. The number of thioether (sulfide) groups is 1. The number of aromatic nitrogens is 3. The van der Waals surface area contributed by atoms with Gasteiger partial charge < -0.3 is 5.32 Å². The fourth-order valence-electron chi connectivity index (χ4n) is 1.75. The van der Waals surface area contributed by atoms with Gasteiger partial charge in [0.15, 0.2) is 10.8 Å². The molecular formula is C14H17Cl2N5O2S. The summed E-state index contributed by atoms with van der Waals surface area (Å²) < 4.78 is 1.61. The van der Waals surface area contributed by atoms with E-state index in [0.29, 0.717) is 33.3 Å². The first-order chi connectivity index (χ1) is 11.3. The Kier molecular flexibility index (Phi) is 6.31. The molecule has 2 N–H and O–H groups in total. The summed E-state index contributed by atoms with van der Waals surface area (Å²) in [5.74, 6) is -0.124. The highest BCUT2D eigenvalue weighted by Crippen LogP contribution is 2.27. The number of imide groups is 1. The first-order valence-electron chi connectivity index (χ1n) is 7.23. The van der Waals surface area contributed by atoms with Crippen LogP contribution in [0.3, 0.4) is 0 Å². The summed E-state index contributed by atoms with van der Waals surface area (Å²) in [6, 6.07) is 1.05. The van der Waals surface area contributed by atoms with Crippen LogP contribution in [0.2, 0.25) is 10.0 Å². The molecule has 2 aromatic heterocycles. The predicted molar refractivity (Wildman–Crippen MR) is 94.7 cm³/mol. The SMILES string of the molecule is CC(C)CNC(=O)NC(=O)C(C)Sc1nnc2c(Cl)cc(Cl)cn12. The van der Waals surface area contributed by atoms with Crippen molar-refractivity contribution < 1.29 is 9.59 Å². The lowest BCUT2D eigenvalue weighted by molar-refractivity contribution is -0.119. The average molecular weight is 390 g/mol. The summed E-state index contributed by atoms with van der Waals surface area (Å²) >= 11 is 13.2. The number of nitrogens with one attached hydrogen (secondary N) is 2. The van der Waals surface area contributed by atoms with Crippen LogP contribution < -0.4 is 10.6 Å². The molecule has 2 rings (SSSR count). The van der Waals surface area contributed by atoms with Gasteiger partial charge in [0.1, 0.15) is 0 Å². The van der Waals surface area contributed by atoms with E-state index in [1.54, 1.807) is 23.6 Å². The van der Waals surface area contributed by atoms with Gasteiger partial charge in [0, 0.05) is 12.7 Å². The Balaban J connectivity index is 2.03. The van der Waals surface area contributed by atoms with E-state index in [0.717, 1.165) is 11.8 Å². The number of hydrogen-bond donors (Lipinski definition) is 2. The van der Waals surface area contributed by atoms with Crippen LogP contribution in [0, 0.1) is 5.92 Å². The molecule has 3 amide bonds. The van der Waals surface area contributed by atoms with Crippen LogP contribution in [0.5, 0.6) is 0 Å². The van der Waals surface area contributed by atoms with Gasteiger partial charge in [-0.1, -0.05) is 48.8 Å². The Morgan fingerprint density at radius 1 is 1.29 bits per heavy atom. The number of rotatable bonds is 5. The van der Waals surface area contributed by atoms with Gasteiger partial charge >= 0.3 is 6.03 Å². The Labute approximate surface area is 153 Å². The number of amides is 3. The minimum atomic E-state index is -0.556. The summed E-state index contributed by atoms with van der Waals surface area (Å²) in [4.78, 5) is 23.7. The van der Waals surface area contributed by atoms with Gasteiger partial charge in [-0.15, -0.1) is 10.2 Å². The Morgan fingerprint density at radius 3 is 2.67 bits per heavy atom. The smallest absolute Gasteiger partial charge is 0.321 e. The van der Waals surface area contributed by atoms with E-state index >= 15 is 0 Å². The van der Waals surface area contributed by atoms with Gasteiger partial charge in [-0.05, 0) is 18.9 Å². The van der Waals surface area contributed by atoms with E-state index in [-0.39, 0.29) is 0 Å². The lowest BCUT2D eigenvalue weighted by Gasteiger charge is -2.12. The zero-order valence-corrected chi connectivity index (χ0v) is 15.7. The number of hydrogen-bond acceptors (Lipinski definition) is 5. The number of carbonyl (C=O) groups is 2. The average Bonchev–Trinajstić information content (AvgIpc) is 2.88. The van der Waals surface area contributed by atoms with Crippen molar-refractivity contribution in [2.75, 3.05) is 6.54 Å². The molecule has 0 aliphatic heterocycles. The molecule has 1 unspecified atom stereocenters. The third kappa shape index (κ3) is 4.75. The van der Waals surface area contributed by atoms with Crippen molar-refractivity contribution in [3.63, 3.8) is 0 Å². The van der Waals surface area contributed by atoms with Gasteiger partial charge in [0.25, 0.3) is 0 Å². The van der Waals surface area contributed by atoms with E-state index in [1.165, 1.54) is 0 Å². The van der Waals surface area contributed by atoms with Crippen LogP contribution in [-0.4, -0.2) is 38.3 Å². The van der Waals surface area contributed by atoms with E-state index in [2.05, 4.69) is 20.8 Å². The number of halogens is 2. The minimum absolute atomic E-state index is 0.300. The van der Waals surface area contributed by atoms with Crippen molar-refractivity contribution in [3.8, 4) is 0 Å². The van der Waals surface area contributed by atoms with Gasteiger partial charge in [-0.2, -0.15) is 0 Å². The van der Waals surface area contributed by atoms with Crippen LogP contribution in [0.1, 0.15) is 20.8 Å². The summed E-state index contributed by atoms with van der Waals surface area (Å²) in [6.45, 7) is 6.09. The Hall–Kier alpha value is -1.51. The maximum absolute atomic E-state index is 12.1. The molecular weight excluding hydrogens is 373 g/mol. The zero-order valence-electron chi connectivity index (χ0n) is 13.3. The van der Waals surface area contributed by atoms with Crippen molar-refractivity contribution in [2.24, 2.45) is 5.92 Å². The van der Waals surface area contributed by atoms with Crippen LogP contribution in [0.25, 0.3) is 5.65 Å².